The Morgan fingerprint density at radius 2 is 1.65 bits per heavy atom. The summed E-state index contributed by atoms with van der Waals surface area (Å²) in [5.74, 6) is 0. The fourth-order valence-corrected chi connectivity index (χ4v) is 2.92. The molecule has 3 nitrogen and oxygen atoms in total. The van der Waals surface area contributed by atoms with Gasteiger partial charge in [-0.2, -0.15) is 0 Å². The lowest BCUT2D eigenvalue weighted by molar-refractivity contribution is 0.0250. The molecule has 20 heavy (non-hydrogen) atoms. The van der Waals surface area contributed by atoms with Crippen molar-refractivity contribution in [2.75, 3.05) is 13.7 Å². The van der Waals surface area contributed by atoms with Crippen LogP contribution in [0.4, 0.5) is 0 Å². The largest absolute Gasteiger partial charge is 0.389 e. The van der Waals surface area contributed by atoms with E-state index in [0.717, 1.165) is 32.2 Å². The molecule has 0 spiro atoms. The van der Waals surface area contributed by atoms with E-state index in [1.807, 2.05) is 0 Å². The maximum Gasteiger partial charge on any atom is 0.0771 e. The fourth-order valence-electron chi connectivity index (χ4n) is 2.92. The highest BCUT2D eigenvalue weighted by Crippen LogP contribution is 2.26. The average molecular weight is 277 g/mol. The van der Waals surface area contributed by atoms with Gasteiger partial charge in [0.05, 0.1) is 12.2 Å². The van der Waals surface area contributed by atoms with E-state index in [-0.39, 0.29) is 0 Å². The molecule has 0 radical (unpaired) electrons. The minimum atomic E-state index is -0.494. The Labute approximate surface area is 122 Å². The van der Waals surface area contributed by atoms with Crippen molar-refractivity contribution in [3.05, 3.63) is 35.4 Å². The van der Waals surface area contributed by atoms with Crippen LogP contribution in [0.3, 0.4) is 0 Å². The van der Waals surface area contributed by atoms with Crippen molar-refractivity contribution in [2.45, 2.75) is 57.3 Å². The summed E-state index contributed by atoms with van der Waals surface area (Å²) in [6.07, 6.45) is 6.72. The van der Waals surface area contributed by atoms with Gasteiger partial charge in [0.1, 0.15) is 0 Å². The van der Waals surface area contributed by atoms with E-state index < -0.39 is 5.60 Å². The van der Waals surface area contributed by atoms with E-state index in [1.165, 1.54) is 24.0 Å². The maximum atomic E-state index is 10.6. The van der Waals surface area contributed by atoms with Crippen molar-refractivity contribution in [2.24, 2.45) is 0 Å². The van der Waals surface area contributed by atoms with Crippen LogP contribution in [0.5, 0.6) is 0 Å². The zero-order valence-electron chi connectivity index (χ0n) is 12.5. The normalized spacial score (nSPS) is 18.7. The molecule has 1 fully saturated rings. The van der Waals surface area contributed by atoms with Gasteiger partial charge < -0.3 is 15.2 Å². The molecule has 0 bridgehead atoms. The first-order valence-corrected chi connectivity index (χ1v) is 7.72. The summed E-state index contributed by atoms with van der Waals surface area (Å²) in [4.78, 5) is 0. The van der Waals surface area contributed by atoms with Crippen LogP contribution in [0.25, 0.3) is 0 Å². The molecule has 2 N–H and O–H groups in total. The van der Waals surface area contributed by atoms with Gasteiger partial charge in [0.15, 0.2) is 0 Å². The number of hydrogen-bond acceptors (Lipinski definition) is 3. The molecule has 112 valence electrons. The van der Waals surface area contributed by atoms with E-state index in [2.05, 4.69) is 29.6 Å². The standard InChI is InChI=1S/C17H27NO2/c1-20-13-16-8-6-15(7-9-16)12-18-14-17(19)10-4-2-3-5-11-17/h6-9,18-19H,2-5,10-14H2,1H3. The van der Waals surface area contributed by atoms with Crippen molar-refractivity contribution in [1.82, 2.24) is 5.32 Å². The predicted octanol–water partition coefficient (Wildman–Crippen LogP) is 3.01. The highest BCUT2D eigenvalue weighted by atomic mass is 16.5. The summed E-state index contributed by atoms with van der Waals surface area (Å²) < 4.78 is 5.10. The van der Waals surface area contributed by atoms with Crippen molar-refractivity contribution < 1.29 is 9.84 Å². The van der Waals surface area contributed by atoms with E-state index in [1.54, 1.807) is 7.11 Å². The second kappa shape index (κ2) is 7.77. The van der Waals surface area contributed by atoms with Gasteiger partial charge in [-0.15, -0.1) is 0 Å². The lowest BCUT2D eigenvalue weighted by Crippen LogP contribution is -2.39. The minimum Gasteiger partial charge on any atom is -0.389 e. The third-order valence-electron chi connectivity index (χ3n) is 4.15. The molecule has 1 aromatic rings. The lowest BCUT2D eigenvalue weighted by Gasteiger charge is -2.27. The first kappa shape index (κ1) is 15.5. The van der Waals surface area contributed by atoms with E-state index in [4.69, 9.17) is 4.74 Å². The number of ether oxygens (including phenoxy) is 1. The Hall–Kier alpha value is -0.900. The highest BCUT2D eigenvalue weighted by molar-refractivity contribution is 5.21. The molecule has 1 aliphatic rings. The van der Waals surface area contributed by atoms with Gasteiger partial charge in [-0.25, -0.2) is 0 Å². The number of aliphatic hydroxyl groups is 1. The van der Waals surface area contributed by atoms with E-state index >= 15 is 0 Å². The summed E-state index contributed by atoms with van der Waals surface area (Å²) >= 11 is 0. The molecule has 1 aliphatic carbocycles. The Balaban J connectivity index is 1.76. The predicted molar refractivity (Wildman–Crippen MR) is 81.5 cm³/mol. The molecule has 0 unspecified atom stereocenters. The Bertz CT molecular complexity index is 380. The van der Waals surface area contributed by atoms with Crippen LogP contribution in [-0.4, -0.2) is 24.4 Å². The molecule has 0 heterocycles. The summed E-state index contributed by atoms with van der Waals surface area (Å²) in [7, 11) is 1.71. The smallest absolute Gasteiger partial charge is 0.0771 e. The molecule has 1 saturated carbocycles. The van der Waals surface area contributed by atoms with Crippen LogP contribution in [0.2, 0.25) is 0 Å². The average Bonchev–Trinajstić information content (AvgIpc) is 2.66. The molecule has 2 rings (SSSR count). The van der Waals surface area contributed by atoms with Crippen LogP contribution < -0.4 is 5.32 Å². The van der Waals surface area contributed by atoms with Crippen LogP contribution in [0.1, 0.15) is 49.7 Å². The molecule has 3 heteroatoms. The van der Waals surface area contributed by atoms with Crippen molar-refractivity contribution in [1.29, 1.82) is 0 Å². The molecule has 0 atom stereocenters. The summed E-state index contributed by atoms with van der Waals surface area (Å²) in [6, 6.07) is 8.44. The molecule has 0 saturated heterocycles. The van der Waals surface area contributed by atoms with Crippen LogP contribution in [0, 0.1) is 0 Å². The Morgan fingerprint density at radius 3 is 2.25 bits per heavy atom. The third-order valence-corrected chi connectivity index (χ3v) is 4.15. The second-order valence-corrected chi connectivity index (χ2v) is 5.99. The van der Waals surface area contributed by atoms with Gasteiger partial charge in [0.25, 0.3) is 0 Å². The van der Waals surface area contributed by atoms with Gasteiger partial charge in [0, 0.05) is 20.2 Å². The van der Waals surface area contributed by atoms with Crippen LogP contribution >= 0.6 is 0 Å². The van der Waals surface area contributed by atoms with Gasteiger partial charge >= 0.3 is 0 Å². The van der Waals surface area contributed by atoms with Crippen molar-refractivity contribution >= 4 is 0 Å². The monoisotopic (exact) mass is 277 g/mol. The quantitative estimate of drug-likeness (QED) is 0.785. The summed E-state index contributed by atoms with van der Waals surface area (Å²) in [5, 5.41) is 14.0. The topological polar surface area (TPSA) is 41.5 Å². The van der Waals surface area contributed by atoms with Gasteiger partial charge in [-0.1, -0.05) is 49.9 Å². The van der Waals surface area contributed by atoms with E-state index in [0.29, 0.717) is 13.2 Å². The molecule has 0 aliphatic heterocycles. The first-order valence-electron chi connectivity index (χ1n) is 7.72. The Kier molecular flexibility index (Phi) is 6.02. The molecule has 0 amide bonds. The Morgan fingerprint density at radius 1 is 1.05 bits per heavy atom. The molecule has 0 aromatic heterocycles. The fraction of sp³-hybridized carbons (Fsp3) is 0.647. The number of benzene rings is 1. The molecular weight excluding hydrogens is 250 g/mol. The van der Waals surface area contributed by atoms with Crippen molar-refractivity contribution in [3.8, 4) is 0 Å². The summed E-state index contributed by atoms with van der Waals surface area (Å²) in [5.41, 5.74) is 1.95. The number of rotatable bonds is 6. The third kappa shape index (κ3) is 4.89. The van der Waals surface area contributed by atoms with E-state index in [9.17, 15) is 5.11 Å². The van der Waals surface area contributed by atoms with Gasteiger partial charge in [-0.3, -0.25) is 0 Å². The zero-order chi connectivity index (χ0) is 14.3. The van der Waals surface area contributed by atoms with Gasteiger partial charge in [-0.05, 0) is 24.0 Å². The number of nitrogens with one attached hydrogen (secondary N) is 1. The number of hydrogen-bond donors (Lipinski definition) is 2. The molecule has 1 aromatic carbocycles. The maximum absolute atomic E-state index is 10.6. The summed E-state index contributed by atoms with van der Waals surface area (Å²) in [6.45, 7) is 2.18. The molecular formula is C17H27NO2. The zero-order valence-corrected chi connectivity index (χ0v) is 12.5. The van der Waals surface area contributed by atoms with Crippen molar-refractivity contribution in [3.63, 3.8) is 0 Å². The van der Waals surface area contributed by atoms with Crippen LogP contribution in [0.15, 0.2) is 24.3 Å². The first-order chi connectivity index (χ1) is 9.72. The second-order valence-electron chi connectivity index (χ2n) is 5.99. The number of methoxy groups -OCH3 is 1. The minimum absolute atomic E-state index is 0.494. The lowest BCUT2D eigenvalue weighted by atomic mass is 9.94. The van der Waals surface area contributed by atoms with Crippen LogP contribution in [-0.2, 0) is 17.9 Å². The SMILES string of the molecule is COCc1ccc(CNCC2(O)CCCCCC2)cc1. The van der Waals surface area contributed by atoms with Gasteiger partial charge in [0.2, 0.25) is 0 Å². The highest BCUT2D eigenvalue weighted by Gasteiger charge is 2.27.